The van der Waals surface area contributed by atoms with Crippen molar-refractivity contribution in [3.05, 3.63) is 54.4 Å². The molecule has 1 N–H and O–H groups in total. The average molecular weight is 289 g/mol. The molecular weight excluding hydrogens is 272 g/mol. The Kier molecular flexibility index (Phi) is 3.99. The molecule has 1 aromatic carbocycles. The molecule has 1 fully saturated rings. The number of nitrogens with zero attached hydrogens (tertiary/aromatic N) is 2. The van der Waals surface area contributed by atoms with E-state index in [9.17, 15) is 8.78 Å². The number of halogens is 2. The second-order valence-electron chi connectivity index (χ2n) is 5.31. The first-order valence-electron chi connectivity index (χ1n) is 7.06. The molecule has 0 aliphatic carbocycles. The monoisotopic (exact) mass is 289 g/mol. The summed E-state index contributed by atoms with van der Waals surface area (Å²) in [6.07, 6.45) is 3.82. The van der Waals surface area contributed by atoms with Crippen LogP contribution in [-0.2, 0) is 0 Å². The summed E-state index contributed by atoms with van der Waals surface area (Å²) < 4.78 is 26.4. The standard InChI is InChI=1S/C16H17F2N3/c17-13-1-3-14(4-2-13)21-8-6-12(11-21)9-20-16-5-7-19-10-15(16)18/h1-5,7,10,12H,6,8-9,11H2,(H,19,20). The molecular formula is C16H17F2N3. The second-order valence-corrected chi connectivity index (χ2v) is 5.31. The fraction of sp³-hybridized carbons (Fsp3) is 0.312. The third-order valence-corrected chi connectivity index (χ3v) is 3.83. The molecule has 1 unspecified atom stereocenters. The molecule has 0 saturated carbocycles. The maximum absolute atomic E-state index is 13.5. The Morgan fingerprint density at radius 3 is 2.76 bits per heavy atom. The molecule has 1 atom stereocenters. The van der Waals surface area contributed by atoms with Gasteiger partial charge in [-0.1, -0.05) is 0 Å². The van der Waals surface area contributed by atoms with Crippen LogP contribution >= 0.6 is 0 Å². The van der Waals surface area contributed by atoms with Crippen molar-refractivity contribution >= 4 is 11.4 Å². The minimum Gasteiger partial charge on any atom is -0.382 e. The van der Waals surface area contributed by atoms with E-state index in [0.717, 1.165) is 31.7 Å². The summed E-state index contributed by atoms with van der Waals surface area (Å²) in [5, 5.41) is 3.13. The van der Waals surface area contributed by atoms with Gasteiger partial charge in [0, 0.05) is 31.5 Å². The van der Waals surface area contributed by atoms with Gasteiger partial charge >= 0.3 is 0 Å². The van der Waals surface area contributed by atoms with Crippen LogP contribution in [0, 0.1) is 17.6 Å². The molecule has 2 aromatic rings. The smallest absolute Gasteiger partial charge is 0.164 e. The van der Waals surface area contributed by atoms with Gasteiger partial charge in [-0.15, -0.1) is 0 Å². The van der Waals surface area contributed by atoms with E-state index in [2.05, 4.69) is 15.2 Å². The maximum atomic E-state index is 13.5. The number of pyridine rings is 1. The first-order chi connectivity index (χ1) is 10.2. The zero-order valence-corrected chi connectivity index (χ0v) is 11.6. The zero-order chi connectivity index (χ0) is 14.7. The SMILES string of the molecule is Fc1ccc(N2CCC(CNc3ccncc3F)C2)cc1. The van der Waals surface area contributed by atoms with Gasteiger partial charge in [0.05, 0.1) is 11.9 Å². The van der Waals surface area contributed by atoms with Crippen molar-refractivity contribution in [1.29, 1.82) is 0 Å². The molecule has 5 heteroatoms. The summed E-state index contributed by atoms with van der Waals surface area (Å²) in [6, 6.07) is 8.20. The van der Waals surface area contributed by atoms with Crippen molar-refractivity contribution in [2.75, 3.05) is 29.9 Å². The molecule has 1 saturated heterocycles. The van der Waals surface area contributed by atoms with Crippen molar-refractivity contribution in [3.63, 3.8) is 0 Å². The van der Waals surface area contributed by atoms with Crippen molar-refractivity contribution in [1.82, 2.24) is 4.98 Å². The van der Waals surface area contributed by atoms with Gasteiger partial charge in [-0.25, -0.2) is 8.78 Å². The average Bonchev–Trinajstić information content (AvgIpc) is 2.96. The molecule has 21 heavy (non-hydrogen) atoms. The lowest BCUT2D eigenvalue weighted by atomic mass is 10.1. The lowest BCUT2D eigenvalue weighted by Gasteiger charge is -2.19. The Labute approximate surface area is 122 Å². The minimum absolute atomic E-state index is 0.218. The number of aromatic nitrogens is 1. The van der Waals surface area contributed by atoms with Crippen molar-refractivity contribution in [3.8, 4) is 0 Å². The molecule has 3 nitrogen and oxygen atoms in total. The summed E-state index contributed by atoms with van der Waals surface area (Å²) in [4.78, 5) is 5.96. The van der Waals surface area contributed by atoms with E-state index in [0.29, 0.717) is 11.6 Å². The first-order valence-corrected chi connectivity index (χ1v) is 7.06. The Morgan fingerprint density at radius 2 is 2.00 bits per heavy atom. The van der Waals surface area contributed by atoms with Crippen LogP contribution in [0.5, 0.6) is 0 Å². The normalized spacial score (nSPS) is 18.0. The highest BCUT2D eigenvalue weighted by atomic mass is 19.1. The molecule has 1 aliphatic heterocycles. The Morgan fingerprint density at radius 1 is 1.19 bits per heavy atom. The van der Waals surface area contributed by atoms with E-state index >= 15 is 0 Å². The van der Waals surface area contributed by atoms with Crippen LogP contribution < -0.4 is 10.2 Å². The molecule has 0 bridgehead atoms. The fourth-order valence-electron chi connectivity index (χ4n) is 2.66. The fourth-order valence-corrected chi connectivity index (χ4v) is 2.66. The Balaban J connectivity index is 1.55. The van der Waals surface area contributed by atoms with Gasteiger partial charge in [0.2, 0.25) is 0 Å². The van der Waals surface area contributed by atoms with E-state index in [1.807, 2.05) is 0 Å². The van der Waals surface area contributed by atoms with Crippen LogP contribution in [0.15, 0.2) is 42.7 Å². The van der Waals surface area contributed by atoms with Gasteiger partial charge < -0.3 is 10.2 Å². The topological polar surface area (TPSA) is 28.2 Å². The lowest BCUT2D eigenvalue weighted by molar-refractivity contribution is 0.603. The lowest BCUT2D eigenvalue weighted by Crippen LogP contribution is -2.22. The van der Waals surface area contributed by atoms with E-state index in [1.165, 1.54) is 18.3 Å². The second kappa shape index (κ2) is 6.08. The van der Waals surface area contributed by atoms with E-state index < -0.39 is 0 Å². The van der Waals surface area contributed by atoms with Gasteiger partial charge in [-0.2, -0.15) is 0 Å². The highest BCUT2D eigenvalue weighted by Gasteiger charge is 2.22. The summed E-state index contributed by atoms with van der Waals surface area (Å²) in [5.41, 5.74) is 1.53. The predicted molar refractivity (Wildman–Crippen MR) is 79.4 cm³/mol. The Bertz CT molecular complexity index is 601. The molecule has 0 spiro atoms. The minimum atomic E-state index is -0.328. The molecule has 0 amide bonds. The molecule has 110 valence electrons. The van der Waals surface area contributed by atoms with Gasteiger partial charge in [-0.05, 0) is 42.7 Å². The maximum Gasteiger partial charge on any atom is 0.164 e. The van der Waals surface area contributed by atoms with Crippen LogP contribution in [0.3, 0.4) is 0 Å². The highest BCUT2D eigenvalue weighted by molar-refractivity contribution is 5.47. The Hall–Kier alpha value is -2.17. The number of hydrogen-bond acceptors (Lipinski definition) is 3. The quantitative estimate of drug-likeness (QED) is 0.936. The number of rotatable bonds is 4. The zero-order valence-electron chi connectivity index (χ0n) is 11.6. The molecule has 2 heterocycles. The van der Waals surface area contributed by atoms with Gasteiger partial charge in [0.25, 0.3) is 0 Å². The summed E-state index contributed by atoms with van der Waals surface area (Å²) in [5.74, 6) is -0.0992. The number of nitrogens with one attached hydrogen (secondary N) is 1. The largest absolute Gasteiger partial charge is 0.382 e. The van der Waals surface area contributed by atoms with E-state index in [1.54, 1.807) is 24.4 Å². The van der Waals surface area contributed by atoms with Crippen molar-refractivity contribution in [2.45, 2.75) is 6.42 Å². The molecule has 1 aromatic heterocycles. The van der Waals surface area contributed by atoms with Crippen LogP contribution in [0.4, 0.5) is 20.2 Å². The summed E-state index contributed by atoms with van der Waals surface area (Å²) >= 11 is 0. The third-order valence-electron chi connectivity index (χ3n) is 3.83. The molecule has 0 radical (unpaired) electrons. The number of hydrogen-bond donors (Lipinski definition) is 1. The summed E-state index contributed by atoms with van der Waals surface area (Å²) in [6.45, 7) is 2.56. The molecule has 1 aliphatic rings. The van der Waals surface area contributed by atoms with Gasteiger partial charge in [0.1, 0.15) is 5.82 Å². The third kappa shape index (κ3) is 3.29. The molecule has 3 rings (SSSR count). The van der Waals surface area contributed by atoms with Crippen LogP contribution in [0.2, 0.25) is 0 Å². The van der Waals surface area contributed by atoms with Crippen molar-refractivity contribution < 1.29 is 8.78 Å². The predicted octanol–water partition coefficient (Wildman–Crippen LogP) is 3.30. The van der Waals surface area contributed by atoms with Crippen LogP contribution in [0.25, 0.3) is 0 Å². The van der Waals surface area contributed by atoms with Crippen molar-refractivity contribution in [2.24, 2.45) is 5.92 Å². The number of anilines is 2. The van der Waals surface area contributed by atoms with E-state index in [-0.39, 0.29) is 11.6 Å². The number of benzene rings is 1. The first kappa shape index (κ1) is 13.8. The van der Waals surface area contributed by atoms with Crippen LogP contribution in [0.1, 0.15) is 6.42 Å². The van der Waals surface area contributed by atoms with Crippen LogP contribution in [-0.4, -0.2) is 24.6 Å². The van der Waals surface area contributed by atoms with Gasteiger partial charge in [-0.3, -0.25) is 4.98 Å². The highest BCUT2D eigenvalue weighted by Crippen LogP contribution is 2.24. The van der Waals surface area contributed by atoms with Gasteiger partial charge in [0.15, 0.2) is 5.82 Å². The van der Waals surface area contributed by atoms with E-state index in [4.69, 9.17) is 0 Å². The summed E-state index contributed by atoms with van der Waals surface area (Å²) in [7, 11) is 0.